The van der Waals surface area contributed by atoms with Crippen molar-refractivity contribution >= 4 is 11.8 Å². The summed E-state index contributed by atoms with van der Waals surface area (Å²) in [6.07, 6.45) is 7.67. The van der Waals surface area contributed by atoms with Gasteiger partial charge in [-0.1, -0.05) is 12.8 Å². The predicted octanol–water partition coefficient (Wildman–Crippen LogP) is 2.62. The lowest BCUT2D eigenvalue weighted by Gasteiger charge is -2.22. The van der Waals surface area contributed by atoms with Gasteiger partial charge < -0.3 is 15.0 Å². The molecule has 2 aromatic rings. The molecule has 0 atom stereocenters. The van der Waals surface area contributed by atoms with Gasteiger partial charge in [0.25, 0.3) is 11.8 Å². The smallest absolute Gasteiger partial charge is 0.256 e. The number of carbonyl (C=O) groups excluding carboxylic acids is 2. The van der Waals surface area contributed by atoms with E-state index in [0.29, 0.717) is 35.2 Å². The Balaban J connectivity index is 1.53. The third-order valence-electron chi connectivity index (χ3n) is 5.63. The minimum atomic E-state index is -0.216. The third kappa shape index (κ3) is 3.32. The standard InChI is InChI=1S/C21H24N4O3/c1-13-7-8-22-11-17(13)19(26)23-10-14-9-16-18(24-20(14)28-2)12-25(21(16)27)15-5-3-4-6-15/h7-9,11,15H,3-6,10,12H2,1-2H3,(H,23,26). The Kier molecular flexibility index (Phi) is 4.98. The molecule has 1 N–H and O–H groups in total. The van der Waals surface area contributed by atoms with Crippen molar-refractivity contribution in [3.05, 3.63) is 52.5 Å². The number of carbonyl (C=O) groups is 2. The molecule has 1 saturated carbocycles. The van der Waals surface area contributed by atoms with Crippen molar-refractivity contribution in [3.63, 3.8) is 0 Å². The fraction of sp³-hybridized carbons (Fsp3) is 0.429. The Hall–Kier alpha value is -2.96. The summed E-state index contributed by atoms with van der Waals surface area (Å²) in [5.41, 5.74) is 3.45. The van der Waals surface area contributed by atoms with Crippen LogP contribution in [0.5, 0.6) is 5.88 Å². The number of nitrogens with one attached hydrogen (secondary N) is 1. The van der Waals surface area contributed by atoms with E-state index in [1.165, 1.54) is 12.8 Å². The molecule has 0 radical (unpaired) electrons. The van der Waals surface area contributed by atoms with Gasteiger partial charge in [0, 0.05) is 30.5 Å². The number of nitrogens with zero attached hydrogens (tertiary/aromatic N) is 3. The highest BCUT2D eigenvalue weighted by Crippen LogP contribution is 2.33. The van der Waals surface area contributed by atoms with Crippen LogP contribution in [0.4, 0.5) is 0 Å². The molecule has 0 bridgehead atoms. The van der Waals surface area contributed by atoms with Crippen molar-refractivity contribution in [1.29, 1.82) is 0 Å². The van der Waals surface area contributed by atoms with Crippen LogP contribution in [0.15, 0.2) is 24.5 Å². The van der Waals surface area contributed by atoms with Crippen molar-refractivity contribution in [2.75, 3.05) is 7.11 Å². The summed E-state index contributed by atoms with van der Waals surface area (Å²) in [6.45, 7) is 2.63. The zero-order chi connectivity index (χ0) is 19.7. The number of amides is 2. The second kappa shape index (κ2) is 7.58. The molecule has 7 heteroatoms. The monoisotopic (exact) mass is 380 g/mol. The van der Waals surface area contributed by atoms with Crippen LogP contribution in [0.2, 0.25) is 0 Å². The number of ether oxygens (including phenoxy) is 1. The maximum atomic E-state index is 12.9. The first-order valence-corrected chi connectivity index (χ1v) is 9.65. The second-order valence-corrected chi connectivity index (χ2v) is 7.40. The lowest BCUT2D eigenvalue weighted by molar-refractivity contribution is 0.0706. The van der Waals surface area contributed by atoms with Gasteiger partial charge in [-0.25, -0.2) is 4.98 Å². The maximum Gasteiger partial charge on any atom is 0.256 e. The van der Waals surface area contributed by atoms with Crippen molar-refractivity contribution in [2.45, 2.75) is 51.7 Å². The van der Waals surface area contributed by atoms with Gasteiger partial charge in [0.15, 0.2) is 0 Å². The van der Waals surface area contributed by atoms with E-state index in [4.69, 9.17) is 4.74 Å². The van der Waals surface area contributed by atoms with Gasteiger partial charge in [-0.3, -0.25) is 14.6 Å². The molecular weight excluding hydrogens is 356 g/mol. The third-order valence-corrected chi connectivity index (χ3v) is 5.63. The van der Waals surface area contributed by atoms with E-state index in [9.17, 15) is 9.59 Å². The van der Waals surface area contributed by atoms with Gasteiger partial charge in [0.1, 0.15) is 0 Å². The fourth-order valence-electron chi connectivity index (χ4n) is 4.05. The molecule has 4 rings (SSSR count). The van der Waals surface area contributed by atoms with Crippen LogP contribution in [0.3, 0.4) is 0 Å². The Morgan fingerprint density at radius 1 is 1.36 bits per heavy atom. The SMILES string of the molecule is COc1nc2c(cc1CNC(=O)c1cnccc1C)C(=O)N(C1CCCC1)C2. The Morgan fingerprint density at radius 3 is 2.86 bits per heavy atom. The summed E-state index contributed by atoms with van der Waals surface area (Å²) in [5.74, 6) is 0.267. The number of aryl methyl sites for hydroxylation is 1. The first-order valence-electron chi connectivity index (χ1n) is 9.65. The summed E-state index contributed by atoms with van der Waals surface area (Å²) in [6, 6.07) is 3.92. The van der Waals surface area contributed by atoms with Gasteiger partial charge in [-0.15, -0.1) is 0 Å². The van der Waals surface area contributed by atoms with Gasteiger partial charge >= 0.3 is 0 Å². The largest absolute Gasteiger partial charge is 0.481 e. The molecule has 0 saturated heterocycles. The van der Waals surface area contributed by atoms with Crippen LogP contribution in [-0.2, 0) is 13.1 Å². The molecule has 0 unspecified atom stereocenters. The van der Waals surface area contributed by atoms with E-state index in [1.54, 1.807) is 25.6 Å². The molecule has 0 aromatic carbocycles. The molecular formula is C21H24N4O3. The zero-order valence-electron chi connectivity index (χ0n) is 16.2. The fourth-order valence-corrected chi connectivity index (χ4v) is 4.05. The minimum Gasteiger partial charge on any atom is -0.481 e. The number of pyridine rings is 2. The second-order valence-electron chi connectivity index (χ2n) is 7.40. The van der Waals surface area contributed by atoms with E-state index in [0.717, 1.165) is 24.1 Å². The molecule has 2 amide bonds. The van der Waals surface area contributed by atoms with Gasteiger partial charge in [0.05, 0.1) is 30.5 Å². The van der Waals surface area contributed by atoms with Crippen molar-refractivity contribution in [2.24, 2.45) is 0 Å². The quantitative estimate of drug-likeness (QED) is 0.862. The maximum absolute atomic E-state index is 12.9. The topological polar surface area (TPSA) is 84.4 Å². The minimum absolute atomic E-state index is 0.0349. The summed E-state index contributed by atoms with van der Waals surface area (Å²) in [5, 5.41) is 2.88. The molecule has 2 aliphatic rings. The Labute approximate surface area is 164 Å². The highest BCUT2D eigenvalue weighted by atomic mass is 16.5. The number of hydrogen-bond acceptors (Lipinski definition) is 5. The summed E-state index contributed by atoms with van der Waals surface area (Å²) in [4.78, 5) is 35.9. The average Bonchev–Trinajstić information content (AvgIpc) is 3.34. The predicted molar refractivity (Wildman–Crippen MR) is 103 cm³/mol. The summed E-state index contributed by atoms with van der Waals surface area (Å²) in [7, 11) is 1.55. The molecule has 28 heavy (non-hydrogen) atoms. The Bertz CT molecular complexity index is 922. The number of rotatable bonds is 5. The molecule has 2 aromatic heterocycles. The molecule has 1 fully saturated rings. The molecule has 0 spiro atoms. The summed E-state index contributed by atoms with van der Waals surface area (Å²) < 4.78 is 5.42. The lowest BCUT2D eigenvalue weighted by atomic mass is 10.1. The first kappa shape index (κ1) is 18.4. The van der Waals surface area contributed by atoms with E-state index >= 15 is 0 Å². The molecule has 3 heterocycles. The van der Waals surface area contributed by atoms with Crippen molar-refractivity contribution in [1.82, 2.24) is 20.2 Å². The van der Waals surface area contributed by atoms with Crippen LogP contribution >= 0.6 is 0 Å². The number of hydrogen-bond donors (Lipinski definition) is 1. The Morgan fingerprint density at radius 2 is 2.14 bits per heavy atom. The highest BCUT2D eigenvalue weighted by Gasteiger charge is 2.35. The lowest BCUT2D eigenvalue weighted by Crippen LogP contribution is -2.33. The zero-order valence-corrected chi connectivity index (χ0v) is 16.2. The average molecular weight is 380 g/mol. The van der Waals surface area contributed by atoms with Crippen LogP contribution in [0.25, 0.3) is 0 Å². The molecule has 7 nitrogen and oxygen atoms in total. The van der Waals surface area contributed by atoms with Gasteiger partial charge in [-0.2, -0.15) is 0 Å². The van der Waals surface area contributed by atoms with Gasteiger partial charge in [0.2, 0.25) is 5.88 Å². The number of aromatic nitrogens is 2. The molecule has 1 aliphatic heterocycles. The normalized spacial score (nSPS) is 16.4. The number of methoxy groups -OCH3 is 1. The molecule has 1 aliphatic carbocycles. The summed E-state index contributed by atoms with van der Waals surface area (Å²) >= 11 is 0. The van der Waals surface area contributed by atoms with Crippen LogP contribution in [-0.4, -0.2) is 39.8 Å². The van der Waals surface area contributed by atoms with Crippen LogP contribution in [0.1, 0.15) is 63.2 Å². The molecule has 146 valence electrons. The van der Waals surface area contributed by atoms with E-state index < -0.39 is 0 Å². The first-order chi connectivity index (χ1) is 13.6. The van der Waals surface area contributed by atoms with E-state index in [1.807, 2.05) is 17.9 Å². The number of fused-ring (bicyclic) bond motifs is 1. The van der Waals surface area contributed by atoms with Crippen molar-refractivity contribution < 1.29 is 14.3 Å². The van der Waals surface area contributed by atoms with Crippen LogP contribution < -0.4 is 10.1 Å². The van der Waals surface area contributed by atoms with Crippen molar-refractivity contribution in [3.8, 4) is 5.88 Å². The van der Waals surface area contributed by atoms with E-state index in [2.05, 4.69) is 15.3 Å². The van der Waals surface area contributed by atoms with Gasteiger partial charge in [-0.05, 0) is 37.5 Å². The van der Waals surface area contributed by atoms with Crippen LogP contribution in [0, 0.1) is 6.92 Å². The van der Waals surface area contributed by atoms with E-state index in [-0.39, 0.29) is 18.4 Å². The highest BCUT2D eigenvalue weighted by molar-refractivity contribution is 5.98.